The van der Waals surface area contributed by atoms with E-state index in [1.54, 1.807) is 25.6 Å². The Morgan fingerprint density at radius 2 is 2.07 bits per heavy atom. The van der Waals surface area contributed by atoms with Crippen molar-refractivity contribution in [2.24, 2.45) is 11.7 Å². The van der Waals surface area contributed by atoms with E-state index in [0.29, 0.717) is 17.1 Å². The predicted octanol–water partition coefficient (Wildman–Crippen LogP) is 2.07. The maximum Gasteiger partial charge on any atom is 0.271 e. The number of nitrogens with two attached hydrogens (primary N) is 1. The normalized spacial score (nSPS) is 13.0. The smallest absolute Gasteiger partial charge is 0.271 e. The molecule has 1 aliphatic carbocycles. The van der Waals surface area contributed by atoms with Crippen molar-refractivity contribution in [3.8, 4) is 16.9 Å². The number of aromatic amines is 1. The summed E-state index contributed by atoms with van der Waals surface area (Å²) >= 11 is 0. The van der Waals surface area contributed by atoms with Gasteiger partial charge in [0.1, 0.15) is 5.75 Å². The van der Waals surface area contributed by atoms with Crippen LogP contribution >= 0.6 is 0 Å². The molecule has 0 aliphatic heterocycles. The number of methoxy groups -OCH3 is 1. The van der Waals surface area contributed by atoms with Crippen molar-refractivity contribution in [1.29, 1.82) is 0 Å². The zero-order chi connectivity index (χ0) is 20.4. The molecule has 1 aromatic carbocycles. The number of primary amides is 1. The molecule has 1 saturated carbocycles. The first-order chi connectivity index (χ1) is 14.1. The minimum atomic E-state index is -0.745. The lowest BCUT2D eigenvalue weighted by Crippen LogP contribution is -2.19. The molecule has 29 heavy (non-hydrogen) atoms. The first kappa shape index (κ1) is 18.4. The summed E-state index contributed by atoms with van der Waals surface area (Å²) in [6.45, 7) is 0. The highest BCUT2D eigenvalue weighted by atomic mass is 16.5. The number of hydrogen-bond acceptors (Lipinski definition) is 7. The number of benzene rings is 1. The maximum atomic E-state index is 12.0. The fourth-order valence-corrected chi connectivity index (χ4v) is 2.93. The minimum Gasteiger partial charge on any atom is -0.494 e. The van der Waals surface area contributed by atoms with Gasteiger partial charge in [-0.25, -0.2) is 0 Å². The second kappa shape index (κ2) is 7.58. The molecule has 3 aromatic rings. The highest BCUT2D eigenvalue weighted by Gasteiger charge is 2.30. The zero-order valence-electron chi connectivity index (χ0n) is 15.6. The van der Waals surface area contributed by atoms with Gasteiger partial charge >= 0.3 is 0 Å². The minimum absolute atomic E-state index is 0.00996. The van der Waals surface area contributed by atoms with E-state index in [9.17, 15) is 9.59 Å². The number of rotatable bonds is 7. The average molecular weight is 393 g/mol. The Balaban J connectivity index is 1.70. The van der Waals surface area contributed by atoms with E-state index in [0.717, 1.165) is 24.0 Å². The van der Waals surface area contributed by atoms with Crippen molar-refractivity contribution in [2.75, 3.05) is 17.7 Å². The van der Waals surface area contributed by atoms with Crippen LogP contribution in [0, 0.1) is 5.92 Å². The van der Waals surface area contributed by atoms with Gasteiger partial charge in [-0.05, 0) is 18.9 Å². The molecule has 0 radical (unpaired) electrons. The van der Waals surface area contributed by atoms with Gasteiger partial charge in [-0.15, -0.1) is 10.2 Å². The molecule has 148 valence electrons. The van der Waals surface area contributed by atoms with E-state index in [-0.39, 0.29) is 23.3 Å². The Hall–Kier alpha value is -3.95. The number of carbonyl (C=O) groups is 2. The molecule has 5 N–H and O–H groups in total. The number of para-hydroxylation sites is 1. The van der Waals surface area contributed by atoms with Crippen molar-refractivity contribution < 1.29 is 14.3 Å². The largest absolute Gasteiger partial charge is 0.494 e. The Bertz CT molecular complexity index is 1060. The third-order valence-corrected chi connectivity index (χ3v) is 4.52. The third-order valence-electron chi connectivity index (χ3n) is 4.52. The van der Waals surface area contributed by atoms with Gasteiger partial charge in [-0.1, -0.05) is 12.1 Å². The van der Waals surface area contributed by atoms with Gasteiger partial charge in [-0.3, -0.25) is 14.7 Å². The molecule has 1 fully saturated rings. The van der Waals surface area contributed by atoms with Crippen molar-refractivity contribution in [2.45, 2.75) is 12.8 Å². The molecule has 10 nitrogen and oxygen atoms in total. The zero-order valence-corrected chi connectivity index (χ0v) is 15.6. The summed E-state index contributed by atoms with van der Waals surface area (Å²) in [7, 11) is 1.55. The van der Waals surface area contributed by atoms with Crippen LogP contribution in [0.15, 0.2) is 36.7 Å². The summed E-state index contributed by atoms with van der Waals surface area (Å²) < 4.78 is 5.58. The van der Waals surface area contributed by atoms with Crippen LogP contribution in [-0.2, 0) is 4.79 Å². The lowest BCUT2D eigenvalue weighted by molar-refractivity contribution is -0.117. The number of nitrogens with zero attached hydrogens (tertiary/aromatic N) is 3. The van der Waals surface area contributed by atoms with E-state index >= 15 is 0 Å². The van der Waals surface area contributed by atoms with E-state index in [1.807, 2.05) is 12.1 Å². The summed E-state index contributed by atoms with van der Waals surface area (Å²) in [4.78, 5) is 23.8. The quantitative estimate of drug-likeness (QED) is 0.480. The lowest BCUT2D eigenvalue weighted by atomic mass is 10.1. The highest BCUT2D eigenvalue weighted by molar-refractivity contribution is 5.99. The number of aromatic nitrogens is 4. The number of anilines is 3. The van der Waals surface area contributed by atoms with Gasteiger partial charge in [0, 0.05) is 29.3 Å². The molecule has 10 heteroatoms. The lowest BCUT2D eigenvalue weighted by Gasteiger charge is -2.16. The first-order valence-corrected chi connectivity index (χ1v) is 8.98. The summed E-state index contributed by atoms with van der Waals surface area (Å²) in [5.74, 6) is -0.0681. The van der Waals surface area contributed by atoms with Crippen LogP contribution in [0.2, 0.25) is 0 Å². The standard InChI is InChI=1S/C19H19N7O3/c1-29-17-12(11-8-21-22-9-11)3-2-4-13(17)23-14-7-15(24-19(28)10-5-6-10)25-26-16(14)18(20)27/h2-4,7-10H,5-6H2,1H3,(H2,20,27)(H,21,22)(H2,23,24,25,28). The Morgan fingerprint density at radius 1 is 1.24 bits per heavy atom. The van der Waals surface area contributed by atoms with E-state index < -0.39 is 5.91 Å². The molecule has 0 saturated heterocycles. The van der Waals surface area contributed by atoms with Crippen LogP contribution in [0.4, 0.5) is 17.2 Å². The Kier molecular flexibility index (Phi) is 4.82. The number of H-pyrrole nitrogens is 1. The molecule has 0 spiro atoms. The molecule has 0 atom stereocenters. The van der Waals surface area contributed by atoms with Crippen LogP contribution in [-0.4, -0.2) is 39.3 Å². The van der Waals surface area contributed by atoms with Crippen LogP contribution in [0.25, 0.3) is 11.1 Å². The van der Waals surface area contributed by atoms with Crippen molar-refractivity contribution >= 4 is 29.0 Å². The van der Waals surface area contributed by atoms with Gasteiger partial charge in [0.25, 0.3) is 5.91 Å². The monoisotopic (exact) mass is 393 g/mol. The summed E-state index contributed by atoms with van der Waals surface area (Å²) in [5.41, 5.74) is 7.92. The molecule has 2 aromatic heterocycles. The van der Waals surface area contributed by atoms with Crippen LogP contribution < -0.4 is 21.1 Å². The van der Waals surface area contributed by atoms with E-state index in [4.69, 9.17) is 10.5 Å². The number of carbonyl (C=O) groups excluding carboxylic acids is 2. The highest BCUT2D eigenvalue weighted by Crippen LogP contribution is 2.38. The van der Waals surface area contributed by atoms with Gasteiger partial charge in [0.05, 0.1) is 24.7 Å². The van der Waals surface area contributed by atoms with Gasteiger partial charge in [0.2, 0.25) is 5.91 Å². The average Bonchev–Trinajstić information content (AvgIpc) is 3.42. The van der Waals surface area contributed by atoms with E-state index in [1.165, 1.54) is 6.07 Å². The van der Waals surface area contributed by atoms with Gasteiger partial charge < -0.3 is 21.1 Å². The molecule has 0 unspecified atom stereocenters. The fourth-order valence-electron chi connectivity index (χ4n) is 2.93. The second-order valence-electron chi connectivity index (χ2n) is 6.62. The van der Waals surface area contributed by atoms with Crippen LogP contribution in [0.3, 0.4) is 0 Å². The molecule has 4 rings (SSSR count). The number of ether oxygens (including phenoxy) is 1. The molecular weight excluding hydrogens is 374 g/mol. The Morgan fingerprint density at radius 3 is 2.72 bits per heavy atom. The summed E-state index contributed by atoms with van der Waals surface area (Å²) in [5, 5.41) is 20.3. The molecule has 1 aliphatic rings. The Labute approximate surface area is 165 Å². The maximum absolute atomic E-state index is 12.0. The molecular formula is C19H19N7O3. The first-order valence-electron chi connectivity index (χ1n) is 8.98. The molecule has 0 bridgehead atoms. The topological polar surface area (TPSA) is 148 Å². The fraction of sp³-hybridized carbons (Fsp3) is 0.211. The third kappa shape index (κ3) is 3.86. The number of nitrogens with one attached hydrogen (secondary N) is 3. The predicted molar refractivity (Wildman–Crippen MR) is 106 cm³/mol. The molecule has 2 heterocycles. The van der Waals surface area contributed by atoms with Crippen molar-refractivity contribution in [1.82, 2.24) is 20.4 Å². The summed E-state index contributed by atoms with van der Waals surface area (Å²) in [6.07, 6.45) is 5.15. The van der Waals surface area contributed by atoms with Crippen molar-refractivity contribution in [3.63, 3.8) is 0 Å². The number of hydrogen-bond donors (Lipinski definition) is 4. The summed E-state index contributed by atoms with van der Waals surface area (Å²) in [6, 6.07) is 7.03. The van der Waals surface area contributed by atoms with Crippen LogP contribution in [0.1, 0.15) is 23.3 Å². The van der Waals surface area contributed by atoms with Crippen molar-refractivity contribution in [3.05, 3.63) is 42.4 Å². The van der Waals surface area contributed by atoms with Gasteiger partial charge in [-0.2, -0.15) is 5.10 Å². The van der Waals surface area contributed by atoms with Crippen LogP contribution in [0.5, 0.6) is 5.75 Å². The van der Waals surface area contributed by atoms with E-state index in [2.05, 4.69) is 31.0 Å². The second-order valence-corrected chi connectivity index (χ2v) is 6.62. The number of amides is 2. The molecule has 2 amide bonds. The van der Waals surface area contributed by atoms with Gasteiger partial charge in [0.15, 0.2) is 11.5 Å². The SMILES string of the molecule is COc1c(Nc2cc(NC(=O)C3CC3)nnc2C(N)=O)cccc1-c1cn[nH]c1.